The topological polar surface area (TPSA) is 72.7 Å². The highest BCUT2D eigenvalue weighted by Crippen LogP contribution is 2.40. The minimum absolute atomic E-state index is 0.214. The highest BCUT2D eigenvalue weighted by atomic mass is 28.3. The zero-order valence-electron chi connectivity index (χ0n) is 21.9. The number of piperidine rings is 1. The van der Waals surface area contributed by atoms with E-state index in [4.69, 9.17) is 14.5 Å². The highest BCUT2D eigenvalue weighted by molar-refractivity contribution is 6.76. The third-order valence-electron chi connectivity index (χ3n) is 6.65. The molecule has 4 heterocycles. The molecule has 2 aromatic heterocycles. The van der Waals surface area contributed by atoms with Gasteiger partial charge in [-0.05, 0) is 45.2 Å². The van der Waals surface area contributed by atoms with E-state index in [9.17, 15) is 4.79 Å². The molecular weight excluding hydrogens is 446 g/mol. The molecule has 2 aliphatic rings. The first-order valence-corrected chi connectivity index (χ1v) is 16.3. The van der Waals surface area contributed by atoms with E-state index in [0.29, 0.717) is 19.2 Å². The van der Waals surface area contributed by atoms with Crippen molar-refractivity contribution in [2.45, 2.75) is 90.5 Å². The van der Waals surface area contributed by atoms with Gasteiger partial charge in [-0.3, -0.25) is 0 Å². The number of anilines is 1. The standard InChI is InChI=1S/C25H41N5O3Si/c1-18-13-30(19-9-8-10-28(14-19)24(31)33-25(2,3)4)23-21-20(18)15-29(22(21)26-16-27-23)17-32-11-12-34(5,6)7/h15-16,18-19H,8-14,17H2,1-7H3. The van der Waals surface area contributed by atoms with Crippen molar-refractivity contribution in [2.75, 3.05) is 31.1 Å². The van der Waals surface area contributed by atoms with Crippen LogP contribution in [0.1, 0.15) is 52.0 Å². The van der Waals surface area contributed by atoms with Gasteiger partial charge in [0.2, 0.25) is 0 Å². The quantitative estimate of drug-likeness (QED) is 0.419. The minimum atomic E-state index is -1.12. The van der Waals surface area contributed by atoms with Gasteiger partial charge in [-0.25, -0.2) is 14.8 Å². The average molecular weight is 488 g/mol. The van der Waals surface area contributed by atoms with E-state index in [0.717, 1.165) is 55.4 Å². The summed E-state index contributed by atoms with van der Waals surface area (Å²) in [5.74, 6) is 1.33. The molecule has 2 unspecified atom stereocenters. The van der Waals surface area contributed by atoms with Crippen molar-refractivity contribution >= 4 is 31.0 Å². The second-order valence-electron chi connectivity index (χ2n) is 12.1. The number of rotatable bonds is 6. The Labute approximate surface area is 204 Å². The number of ether oxygens (including phenoxy) is 2. The SMILES string of the molecule is CC1CN(C2CCCN(C(=O)OC(C)(C)C)C2)c2ncnc3c2c1cn3COCC[Si](C)(C)C. The van der Waals surface area contributed by atoms with Crippen molar-refractivity contribution in [1.82, 2.24) is 19.4 Å². The lowest BCUT2D eigenvalue weighted by Gasteiger charge is -2.42. The normalized spacial score (nSPS) is 21.3. The van der Waals surface area contributed by atoms with E-state index < -0.39 is 13.7 Å². The van der Waals surface area contributed by atoms with Crippen molar-refractivity contribution in [3.63, 3.8) is 0 Å². The fourth-order valence-electron chi connectivity index (χ4n) is 4.87. The van der Waals surface area contributed by atoms with E-state index in [1.54, 1.807) is 6.33 Å². The van der Waals surface area contributed by atoms with Gasteiger partial charge in [0.15, 0.2) is 0 Å². The van der Waals surface area contributed by atoms with Crippen molar-refractivity contribution in [2.24, 2.45) is 0 Å². The number of carbonyl (C=O) groups is 1. The molecule has 0 aromatic carbocycles. The Morgan fingerprint density at radius 3 is 2.68 bits per heavy atom. The van der Waals surface area contributed by atoms with Crippen LogP contribution in [0, 0.1) is 0 Å². The Balaban J connectivity index is 1.54. The minimum Gasteiger partial charge on any atom is -0.444 e. The summed E-state index contributed by atoms with van der Waals surface area (Å²) in [6, 6.07) is 1.37. The number of aromatic nitrogens is 3. The Bertz CT molecular complexity index is 1030. The summed E-state index contributed by atoms with van der Waals surface area (Å²) in [7, 11) is -1.12. The van der Waals surface area contributed by atoms with Crippen LogP contribution in [-0.2, 0) is 16.2 Å². The van der Waals surface area contributed by atoms with Gasteiger partial charge in [-0.2, -0.15) is 0 Å². The molecule has 8 nitrogen and oxygen atoms in total. The summed E-state index contributed by atoms with van der Waals surface area (Å²) < 4.78 is 13.8. The smallest absolute Gasteiger partial charge is 0.410 e. The van der Waals surface area contributed by atoms with E-state index in [-0.39, 0.29) is 12.1 Å². The molecule has 9 heteroatoms. The molecule has 34 heavy (non-hydrogen) atoms. The first-order valence-electron chi connectivity index (χ1n) is 12.6. The molecule has 0 bridgehead atoms. The second-order valence-corrected chi connectivity index (χ2v) is 17.7. The van der Waals surface area contributed by atoms with Crippen molar-refractivity contribution in [3.8, 4) is 0 Å². The van der Waals surface area contributed by atoms with Crippen LogP contribution < -0.4 is 4.90 Å². The molecule has 1 saturated heterocycles. The van der Waals surface area contributed by atoms with Gasteiger partial charge < -0.3 is 23.8 Å². The predicted octanol–water partition coefficient (Wildman–Crippen LogP) is 5.07. The summed E-state index contributed by atoms with van der Waals surface area (Å²) in [4.78, 5) is 26.4. The van der Waals surface area contributed by atoms with Crippen molar-refractivity contribution in [1.29, 1.82) is 0 Å². The van der Waals surface area contributed by atoms with Crippen LogP contribution in [0.2, 0.25) is 25.7 Å². The fourth-order valence-corrected chi connectivity index (χ4v) is 5.63. The molecule has 2 atom stereocenters. The molecule has 0 spiro atoms. The van der Waals surface area contributed by atoms with Gasteiger partial charge in [-0.15, -0.1) is 0 Å². The van der Waals surface area contributed by atoms with Crippen LogP contribution in [0.5, 0.6) is 0 Å². The fraction of sp³-hybridized carbons (Fsp3) is 0.720. The number of carbonyl (C=O) groups excluding carboxylic acids is 1. The van der Waals surface area contributed by atoms with Gasteiger partial charge in [0.25, 0.3) is 0 Å². The molecule has 0 N–H and O–H groups in total. The molecule has 188 valence electrons. The summed E-state index contributed by atoms with van der Waals surface area (Å²) in [5.41, 5.74) is 1.73. The third kappa shape index (κ3) is 5.57. The molecule has 4 rings (SSSR count). The first kappa shape index (κ1) is 25.0. The maximum absolute atomic E-state index is 12.7. The number of amides is 1. The number of hydrogen-bond acceptors (Lipinski definition) is 6. The van der Waals surface area contributed by atoms with Crippen LogP contribution in [0.15, 0.2) is 12.5 Å². The zero-order chi connectivity index (χ0) is 24.7. The number of likely N-dealkylation sites (tertiary alicyclic amines) is 1. The number of nitrogens with zero attached hydrogens (tertiary/aromatic N) is 5. The van der Waals surface area contributed by atoms with Gasteiger partial charge in [0.1, 0.15) is 30.1 Å². The van der Waals surface area contributed by atoms with Crippen LogP contribution >= 0.6 is 0 Å². The van der Waals surface area contributed by atoms with Crippen LogP contribution in [0.4, 0.5) is 10.6 Å². The lowest BCUT2D eigenvalue weighted by Crippen LogP contribution is -2.52. The molecule has 0 aliphatic carbocycles. The lowest BCUT2D eigenvalue weighted by atomic mass is 9.94. The monoisotopic (exact) mass is 487 g/mol. The summed E-state index contributed by atoms with van der Waals surface area (Å²) in [6.07, 6.45) is 5.64. The van der Waals surface area contributed by atoms with Crippen molar-refractivity contribution in [3.05, 3.63) is 18.1 Å². The average Bonchev–Trinajstić information content (AvgIpc) is 3.12. The van der Waals surface area contributed by atoms with Gasteiger partial charge >= 0.3 is 6.09 Å². The van der Waals surface area contributed by atoms with Crippen molar-refractivity contribution < 1.29 is 14.3 Å². The Morgan fingerprint density at radius 1 is 1.21 bits per heavy atom. The highest BCUT2D eigenvalue weighted by Gasteiger charge is 2.36. The maximum atomic E-state index is 12.7. The molecular formula is C25H41N5O3Si. The third-order valence-corrected chi connectivity index (χ3v) is 8.36. The molecule has 1 amide bonds. The summed E-state index contributed by atoms with van der Waals surface area (Å²) in [5, 5.41) is 1.13. The molecule has 0 saturated carbocycles. The van der Waals surface area contributed by atoms with E-state index in [2.05, 4.69) is 47.2 Å². The van der Waals surface area contributed by atoms with Gasteiger partial charge in [-0.1, -0.05) is 26.6 Å². The maximum Gasteiger partial charge on any atom is 0.410 e. The predicted molar refractivity (Wildman–Crippen MR) is 138 cm³/mol. The molecule has 1 fully saturated rings. The van der Waals surface area contributed by atoms with Crippen LogP contribution in [-0.4, -0.2) is 71.5 Å². The Morgan fingerprint density at radius 2 is 1.97 bits per heavy atom. The zero-order valence-corrected chi connectivity index (χ0v) is 22.9. The van der Waals surface area contributed by atoms with E-state index >= 15 is 0 Å². The lowest BCUT2D eigenvalue weighted by molar-refractivity contribution is 0.0197. The largest absolute Gasteiger partial charge is 0.444 e. The molecule has 2 aliphatic heterocycles. The van der Waals surface area contributed by atoms with E-state index in [1.807, 2.05) is 25.7 Å². The molecule has 0 radical (unpaired) electrons. The van der Waals surface area contributed by atoms with E-state index in [1.165, 1.54) is 5.56 Å². The second kappa shape index (κ2) is 9.49. The summed E-state index contributed by atoms with van der Waals surface area (Å²) in [6.45, 7) is 18.7. The van der Waals surface area contributed by atoms with Gasteiger partial charge in [0, 0.05) is 52.5 Å². The van der Waals surface area contributed by atoms with Crippen LogP contribution in [0.3, 0.4) is 0 Å². The first-order chi connectivity index (χ1) is 15.9. The Hall–Kier alpha value is -2.13. The molecule has 2 aromatic rings. The van der Waals surface area contributed by atoms with Crippen LogP contribution in [0.25, 0.3) is 11.0 Å². The van der Waals surface area contributed by atoms with Gasteiger partial charge in [0.05, 0.1) is 5.39 Å². The summed E-state index contributed by atoms with van der Waals surface area (Å²) >= 11 is 0. The Kier molecular flexibility index (Phi) is 6.97. The number of hydrogen-bond donors (Lipinski definition) is 0.